The Balaban J connectivity index is 2.71. The van der Waals surface area contributed by atoms with E-state index in [4.69, 9.17) is 11.6 Å². The predicted octanol–water partition coefficient (Wildman–Crippen LogP) is 4.17. The van der Waals surface area contributed by atoms with E-state index in [1.807, 2.05) is 18.2 Å². The average molecular weight is 263 g/mol. The Kier molecular flexibility index (Phi) is 4.07. The van der Waals surface area contributed by atoms with Gasteiger partial charge in [0.15, 0.2) is 0 Å². The molecule has 0 heterocycles. The highest BCUT2D eigenvalue weighted by Crippen LogP contribution is 2.29. The van der Waals surface area contributed by atoms with Gasteiger partial charge in [0.25, 0.3) is 0 Å². The molecule has 0 saturated heterocycles. The monoisotopic (exact) mass is 261 g/mol. The first kappa shape index (κ1) is 10.9. The number of benzene rings is 1. The fraction of sp³-hybridized carbons (Fsp3) is 0.400. The minimum Gasteiger partial charge on any atom is -0.384 e. The van der Waals surface area contributed by atoms with Gasteiger partial charge in [-0.3, -0.25) is 0 Å². The zero-order chi connectivity index (χ0) is 9.84. The lowest BCUT2D eigenvalue weighted by Gasteiger charge is -2.11. The Morgan fingerprint density at radius 2 is 2.15 bits per heavy atom. The Morgan fingerprint density at radius 3 is 2.77 bits per heavy atom. The van der Waals surface area contributed by atoms with Gasteiger partial charge in [0, 0.05) is 12.2 Å². The topological polar surface area (TPSA) is 12.0 Å². The minimum atomic E-state index is 0.630. The molecule has 0 aliphatic heterocycles. The Hall–Kier alpha value is -0.210. The van der Waals surface area contributed by atoms with Crippen molar-refractivity contribution in [1.29, 1.82) is 0 Å². The first-order valence-corrected chi connectivity index (χ1v) is 5.46. The normalized spacial score (nSPS) is 10.5. The first-order valence-electron chi connectivity index (χ1n) is 4.29. The van der Waals surface area contributed by atoms with E-state index in [2.05, 4.69) is 35.1 Å². The third-order valence-corrected chi connectivity index (χ3v) is 3.05. The van der Waals surface area contributed by atoms with Gasteiger partial charge in [-0.2, -0.15) is 0 Å². The van der Waals surface area contributed by atoms with Gasteiger partial charge in [0.05, 0.1) is 9.50 Å². The summed E-state index contributed by atoms with van der Waals surface area (Å²) < 4.78 is 0.942. The highest BCUT2D eigenvalue weighted by atomic mass is 79.9. The number of hydrogen-bond donors (Lipinski definition) is 1. The van der Waals surface area contributed by atoms with Crippen LogP contribution in [0.4, 0.5) is 5.69 Å². The van der Waals surface area contributed by atoms with Crippen LogP contribution >= 0.6 is 27.5 Å². The van der Waals surface area contributed by atoms with Gasteiger partial charge in [-0.15, -0.1) is 0 Å². The van der Waals surface area contributed by atoms with Crippen molar-refractivity contribution < 1.29 is 0 Å². The molecule has 0 spiro atoms. The highest BCUT2D eigenvalue weighted by molar-refractivity contribution is 9.10. The molecule has 0 amide bonds. The van der Waals surface area contributed by atoms with Crippen LogP contribution in [0.2, 0.25) is 5.02 Å². The van der Waals surface area contributed by atoms with E-state index < -0.39 is 0 Å². The fourth-order valence-corrected chi connectivity index (χ4v) is 1.53. The van der Waals surface area contributed by atoms with Crippen LogP contribution in [0.15, 0.2) is 22.7 Å². The smallest absolute Gasteiger partial charge is 0.0593 e. The molecular formula is C10H13BrClN. The third kappa shape index (κ3) is 3.20. The zero-order valence-electron chi connectivity index (χ0n) is 7.77. The van der Waals surface area contributed by atoms with Gasteiger partial charge >= 0.3 is 0 Å². The van der Waals surface area contributed by atoms with Crippen molar-refractivity contribution in [2.45, 2.75) is 13.8 Å². The van der Waals surface area contributed by atoms with Crippen molar-refractivity contribution in [2.24, 2.45) is 5.92 Å². The van der Waals surface area contributed by atoms with Gasteiger partial charge in [-0.1, -0.05) is 31.5 Å². The summed E-state index contributed by atoms with van der Waals surface area (Å²) in [5, 5.41) is 4.07. The Bertz CT molecular complexity index is 286. The van der Waals surface area contributed by atoms with E-state index in [1.54, 1.807) is 0 Å². The summed E-state index contributed by atoms with van der Waals surface area (Å²) in [4.78, 5) is 0. The van der Waals surface area contributed by atoms with Crippen molar-refractivity contribution in [2.75, 3.05) is 11.9 Å². The molecule has 1 aromatic carbocycles. The molecule has 0 aliphatic carbocycles. The molecule has 0 aromatic heterocycles. The van der Waals surface area contributed by atoms with Gasteiger partial charge in [-0.25, -0.2) is 0 Å². The van der Waals surface area contributed by atoms with Crippen LogP contribution < -0.4 is 5.32 Å². The molecule has 0 radical (unpaired) electrons. The molecule has 0 saturated carbocycles. The molecule has 1 aromatic rings. The van der Waals surface area contributed by atoms with Crippen LogP contribution in [0.5, 0.6) is 0 Å². The number of hydrogen-bond acceptors (Lipinski definition) is 1. The zero-order valence-corrected chi connectivity index (χ0v) is 10.1. The van der Waals surface area contributed by atoms with Crippen LogP contribution in [-0.4, -0.2) is 6.54 Å². The van der Waals surface area contributed by atoms with Crippen molar-refractivity contribution in [3.05, 3.63) is 27.7 Å². The number of nitrogens with one attached hydrogen (secondary N) is 1. The molecule has 1 rings (SSSR count). The van der Waals surface area contributed by atoms with E-state index >= 15 is 0 Å². The minimum absolute atomic E-state index is 0.630. The van der Waals surface area contributed by atoms with E-state index in [0.717, 1.165) is 21.7 Å². The van der Waals surface area contributed by atoms with Crippen molar-refractivity contribution in [1.82, 2.24) is 0 Å². The van der Waals surface area contributed by atoms with Crippen molar-refractivity contribution >= 4 is 33.2 Å². The third-order valence-electron chi connectivity index (χ3n) is 1.65. The van der Waals surface area contributed by atoms with Crippen LogP contribution in [-0.2, 0) is 0 Å². The summed E-state index contributed by atoms with van der Waals surface area (Å²) in [6, 6.07) is 5.82. The molecule has 0 atom stereocenters. The van der Waals surface area contributed by atoms with Gasteiger partial charge in [0.1, 0.15) is 0 Å². The molecule has 3 heteroatoms. The predicted molar refractivity (Wildman–Crippen MR) is 62.5 cm³/mol. The lowest BCUT2D eigenvalue weighted by atomic mass is 10.2. The lowest BCUT2D eigenvalue weighted by Crippen LogP contribution is -2.08. The summed E-state index contributed by atoms with van der Waals surface area (Å²) in [6.45, 7) is 5.30. The van der Waals surface area contributed by atoms with Crippen LogP contribution in [0, 0.1) is 5.92 Å². The Labute approximate surface area is 92.6 Å². The molecule has 72 valence electrons. The summed E-state index contributed by atoms with van der Waals surface area (Å²) >= 11 is 9.38. The molecule has 0 bridgehead atoms. The maximum absolute atomic E-state index is 5.94. The van der Waals surface area contributed by atoms with Gasteiger partial charge in [0.2, 0.25) is 0 Å². The average Bonchev–Trinajstić information content (AvgIpc) is 2.07. The van der Waals surface area contributed by atoms with Gasteiger partial charge < -0.3 is 5.32 Å². The molecular weight excluding hydrogens is 249 g/mol. The number of rotatable bonds is 3. The SMILES string of the molecule is CC(C)CNc1cccc(Cl)c1Br. The molecule has 0 fully saturated rings. The second-order valence-electron chi connectivity index (χ2n) is 3.38. The summed E-state index contributed by atoms with van der Waals surface area (Å²) in [5.41, 5.74) is 1.06. The van der Waals surface area contributed by atoms with Crippen LogP contribution in [0.25, 0.3) is 0 Å². The van der Waals surface area contributed by atoms with E-state index in [1.165, 1.54) is 0 Å². The quantitative estimate of drug-likeness (QED) is 0.862. The molecule has 0 unspecified atom stereocenters. The number of halogens is 2. The molecule has 0 aliphatic rings. The molecule has 1 nitrogen and oxygen atoms in total. The second kappa shape index (κ2) is 4.87. The lowest BCUT2D eigenvalue weighted by molar-refractivity contribution is 0.688. The van der Waals surface area contributed by atoms with E-state index in [9.17, 15) is 0 Å². The maximum Gasteiger partial charge on any atom is 0.0593 e. The molecule has 1 N–H and O–H groups in total. The maximum atomic E-state index is 5.94. The first-order chi connectivity index (χ1) is 6.11. The van der Waals surface area contributed by atoms with Crippen molar-refractivity contribution in [3.8, 4) is 0 Å². The summed E-state index contributed by atoms with van der Waals surface area (Å²) in [6.07, 6.45) is 0. The summed E-state index contributed by atoms with van der Waals surface area (Å²) in [7, 11) is 0. The number of anilines is 1. The standard InChI is InChI=1S/C10H13BrClN/c1-7(2)6-13-9-5-3-4-8(12)10(9)11/h3-5,7,13H,6H2,1-2H3. The van der Waals surface area contributed by atoms with E-state index in [-0.39, 0.29) is 0 Å². The largest absolute Gasteiger partial charge is 0.384 e. The van der Waals surface area contributed by atoms with Crippen molar-refractivity contribution in [3.63, 3.8) is 0 Å². The van der Waals surface area contributed by atoms with Gasteiger partial charge in [-0.05, 0) is 34.0 Å². The van der Waals surface area contributed by atoms with Crippen LogP contribution in [0.3, 0.4) is 0 Å². The summed E-state index contributed by atoms with van der Waals surface area (Å²) in [5.74, 6) is 0.630. The Morgan fingerprint density at radius 1 is 1.46 bits per heavy atom. The van der Waals surface area contributed by atoms with Crippen LogP contribution in [0.1, 0.15) is 13.8 Å². The molecule has 13 heavy (non-hydrogen) atoms. The van der Waals surface area contributed by atoms with E-state index in [0.29, 0.717) is 5.92 Å². The second-order valence-corrected chi connectivity index (χ2v) is 4.58. The highest BCUT2D eigenvalue weighted by Gasteiger charge is 2.02. The fourth-order valence-electron chi connectivity index (χ4n) is 0.954.